The monoisotopic (exact) mass is 409 g/mol. The van der Waals surface area contributed by atoms with E-state index in [9.17, 15) is 4.79 Å². The summed E-state index contributed by atoms with van der Waals surface area (Å²) in [7, 11) is 1.77. The first-order chi connectivity index (χ1) is 11.1. The molecule has 118 valence electrons. The molecule has 0 aliphatic heterocycles. The third kappa shape index (κ3) is 4.18. The predicted octanol–water partition coefficient (Wildman–Crippen LogP) is 3.37. The van der Waals surface area contributed by atoms with Gasteiger partial charge in [-0.2, -0.15) is 0 Å². The van der Waals surface area contributed by atoms with E-state index in [1.165, 1.54) is 11.8 Å². The number of amides is 1. The number of nitrogens with zero attached hydrogens (tertiary/aromatic N) is 4. The van der Waals surface area contributed by atoms with Crippen LogP contribution in [0.4, 0.5) is 5.69 Å². The normalized spacial score (nSPS) is 10.7. The molecule has 0 aliphatic rings. The molecule has 1 amide bonds. The SMILES string of the molecule is Cn1nnnc1Sc1ccc(Br)cc1NC(=O)Cc1cccs1. The predicted molar refractivity (Wildman–Crippen MR) is 93.7 cm³/mol. The second kappa shape index (κ2) is 7.24. The molecular formula is C14H12BrN5OS2. The van der Waals surface area contributed by atoms with Gasteiger partial charge in [0.15, 0.2) is 0 Å². The van der Waals surface area contributed by atoms with E-state index < -0.39 is 0 Å². The van der Waals surface area contributed by atoms with E-state index in [4.69, 9.17) is 0 Å². The minimum absolute atomic E-state index is 0.0523. The zero-order valence-electron chi connectivity index (χ0n) is 12.1. The first-order valence-corrected chi connectivity index (χ1v) is 9.13. The fourth-order valence-electron chi connectivity index (χ4n) is 1.86. The van der Waals surface area contributed by atoms with Gasteiger partial charge < -0.3 is 5.32 Å². The number of thiophene rings is 1. The van der Waals surface area contributed by atoms with Crippen LogP contribution >= 0.6 is 39.0 Å². The van der Waals surface area contributed by atoms with E-state index in [0.29, 0.717) is 11.6 Å². The number of nitrogens with one attached hydrogen (secondary N) is 1. The number of aryl methyl sites for hydroxylation is 1. The van der Waals surface area contributed by atoms with E-state index in [1.54, 1.807) is 23.1 Å². The van der Waals surface area contributed by atoms with Crippen LogP contribution < -0.4 is 5.32 Å². The molecule has 0 aliphatic carbocycles. The number of benzene rings is 1. The van der Waals surface area contributed by atoms with Gasteiger partial charge in [0.25, 0.3) is 0 Å². The van der Waals surface area contributed by atoms with Gasteiger partial charge in [0.2, 0.25) is 11.1 Å². The van der Waals surface area contributed by atoms with Crippen LogP contribution in [0.5, 0.6) is 0 Å². The van der Waals surface area contributed by atoms with Crippen molar-refractivity contribution in [3.63, 3.8) is 0 Å². The van der Waals surface area contributed by atoms with Crippen molar-refractivity contribution in [1.29, 1.82) is 0 Å². The summed E-state index contributed by atoms with van der Waals surface area (Å²) in [6.07, 6.45) is 0.361. The highest BCUT2D eigenvalue weighted by Crippen LogP contribution is 2.34. The Bertz CT molecular complexity index is 818. The van der Waals surface area contributed by atoms with Crippen LogP contribution in [0.25, 0.3) is 0 Å². The standard InChI is InChI=1S/C14H12BrN5OS2/c1-20-14(17-18-19-20)23-12-5-4-9(15)7-11(12)16-13(21)8-10-3-2-6-22-10/h2-7H,8H2,1H3,(H,16,21). The molecule has 0 radical (unpaired) electrons. The zero-order chi connectivity index (χ0) is 16.2. The van der Waals surface area contributed by atoms with Crippen LogP contribution in [0, 0.1) is 0 Å². The lowest BCUT2D eigenvalue weighted by atomic mass is 10.3. The number of halogens is 1. The molecule has 1 N–H and O–H groups in total. The molecule has 0 unspecified atom stereocenters. The second-order valence-corrected chi connectivity index (χ2v) is 7.59. The van der Waals surface area contributed by atoms with Gasteiger partial charge in [0.05, 0.1) is 12.1 Å². The molecule has 0 atom stereocenters. The molecule has 6 nitrogen and oxygen atoms in total. The molecule has 1 aromatic carbocycles. The van der Waals surface area contributed by atoms with Crippen molar-refractivity contribution in [3.8, 4) is 0 Å². The average Bonchev–Trinajstić information content (AvgIpc) is 3.14. The molecule has 0 bridgehead atoms. The van der Waals surface area contributed by atoms with E-state index in [2.05, 4.69) is 36.8 Å². The quantitative estimate of drug-likeness (QED) is 0.698. The van der Waals surface area contributed by atoms with Gasteiger partial charge >= 0.3 is 0 Å². The Morgan fingerprint density at radius 3 is 3.00 bits per heavy atom. The van der Waals surface area contributed by atoms with Crippen molar-refractivity contribution < 1.29 is 4.79 Å². The number of hydrogen-bond donors (Lipinski definition) is 1. The Hall–Kier alpha value is -1.71. The Morgan fingerprint density at radius 1 is 1.43 bits per heavy atom. The molecule has 2 aromatic heterocycles. The number of tetrazole rings is 1. The largest absolute Gasteiger partial charge is 0.325 e. The summed E-state index contributed by atoms with van der Waals surface area (Å²) in [5.74, 6) is -0.0523. The van der Waals surface area contributed by atoms with Crippen LogP contribution in [0.1, 0.15) is 4.88 Å². The minimum atomic E-state index is -0.0523. The first kappa shape index (κ1) is 16.2. The molecule has 9 heteroatoms. The summed E-state index contributed by atoms with van der Waals surface area (Å²) in [5, 5.41) is 17.0. The van der Waals surface area contributed by atoms with Gasteiger partial charge in [-0.1, -0.05) is 22.0 Å². The van der Waals surface area contributed by atoms with E-state index >= 15 is 0 Å². The zero-order valence-corrected chi connectivity index (χ0v) is 15.3. The Kier molecular flexibility index (Phi) is 5.09. The van der Waals surface area contributed by atoms with E-state index in [-0.39, 0.29) is 5.91 Å². The Morgan fingerprint density at radius 2 is 2.30 bits per heavy atom. The topological polar surface area (TPSA) is 72.7 Å². The maximum absolute atomic E-state index is 12.2. The molecular weight excluding hydrogens is 398 g/mol. The Labute approximate surface area is 149 Å². The number of carbonyl (C=O) groups is 1. The molecule has 3 aromatic rings. The van der Waals surface area contributed by atoms with Gasteiger partial charge in [-0.15, -0.1) is 16.4 Å². The van der Waals surface area contributed by atoms with Crippen molar-refractivity contribution in [1.82, 2.24) is 20.2 Å². The molecule has 0 saturated heterocycles. The van der Waals surface area contributed by atoms with Crippen molar-refractivity contribution in [2.45, 2.75) is 16.5 Å². The maximum atomic E-state index is 12.2. The summed E-state index contributed by atoms with van der Waals surface area (Å²) in [5.41, 5.74) is 0.730. The molecule has 3 rings (SSSR count). The smallest absolute Gasteiger partial charge is 0.229 e. The average molecular weight is 410 g/mol. The molecule has 0 saturated carbocycles. The third-order valence-corrected chi connectivity index (χ3v) is 5.39. The summed E-state index contributed by atoms with van der Waals surface area (Å²) in [4.78, 5) is 14.2. The summed E-state index contributed by atoms with van der Waals surface area (Å²) < 4.78 is 2.48. The Balaban J connectivity index is 1.78. The fourth-order valence-corrected chi connectivity index (χ4v) is 3.72. The van der Waals surface area contributed by atoms with Crippen molar-refractivity contribution >= 4 is 50.6 Å². The molecule has 0 fully saturated rings. The number of anilines is 1. The first-order valence-electron chi connectivity index (χ1n) is 6.64. The van der Waals surface area contributed by atoms with Gasteiger partial charge in [0.1, 0.15) is 0 Å². The lowest BCUT2D eigenvalue weighted by Crippen LogP contribution is -2.14. The molecule has 2 heterocycles. The van der Waals surface area contributed by atoms with Crippen molar-refractivity contribution in [3.05, 3.63) is 45.1 Å². The highest BCUT2D eigenvalue weighted by molar-refractivity contribution is 9.10. The van der Waals surface area contributed by atoms with Crippen LogP contribution in [-0.2, 0) is 18.3 Å². The minimum Gasteiger partial charge on any atom is -0.325 e. The van der Waals surface area contributed by atoms with Crippen LogP contribution in [0.3, 0.4) is 0 Å². The third-order valence-electron chi connectivity index (χ3n) is 2.91. The van der Waals surface area contributed by atoms with E-state index in [0.717, 1.165) is 19.9 Å². The summed E-state index contributed by atoms with van der Waals surface area (Å²) >= 11 is 6.41. The molecule has 23 heavy (non-hydrogen) atoms. The van der Waals surface area contributed by atoms with Crippen LogP contribution in [0.15, 0.2) is 50.2 Å². The number of aromatic nitrogens is 4. The lowest BCUT2D eigenvalue weighted by Gasteiger charge is -2.10. The summed E-state index contributed by atoms with van der Waals surface area (Å²) in [6.45, 7) is 0. The lowest BCUT2D eigenvalue weighted by molar-refractivity contribution is -0.115. The molecule has 0 spiro atoms. The van der Waals surface area contributed by atoms with Gasteiger partial charge in [-0.05, 0) is 51.8 Å². The van der Waals surface area contributed by atoms with Crippen molar-refractivity contribution in [2.75, 3.05) is 5.32 Å². The van der Waals surface area contributed by atoms with Crippen molar-refractivity contribution in [2.24, 2.45) is 7.05 Å². The van der Waals surface area contributed by atoms with Crippen LogP contribution in [0.2, 0.25) is 0 Å². The highest BCUT2D eigenvalue weighted by Gasteiger charge is 2.13. The number of hydrogen-bond acceptors (Lipinski definition) is 6. The highest BCUT2D eigenvalue weighted by atomic mass is 79.9. The number of rotatable bonds is 5. The fraction of sp³-hybridized carbons (Fsp3) is 0.143. The summed E-state index contributed by atoms with van der Waals surface area (Å²) in [6, 6.07) is 9.60. The maximum Gasteiger partial charge on any atom is 0.229 e. The van der Waals surface area contributed by atoms with E-state index in [1.807, 2.05) is 35.7 Å². The van der Waals surface area contributed by atoms with Gasteiger partial charge in [-0.25, -0.2) is 4.68 Å². The number of carbonyl (C=O) groups excluding carboxylic acids is 1. The van der Waals surface area contributed by atoms with Crippen LogP contribution in [-0.4, -0.2) is 26.1 Å². The van der Waals surface area contributed by atoms with Gasteiger partial charge in [0, 0.05) is 21.3 Å². The van der Waals surface area contributed by atoms with Gasteiger partial charge in [-0.3, -0.25) is 4.79 Å². The second-order valence-electron chi connectivity index (χ2n) is 4.63.